The van der Waals surface area contributed by atoms with E-state index in [0.29, 0.717) is 6.54 Å². The third-order valence-electron chi connectivity index (χ3n) is 3.31. The zero-order chi connectivity index (χ0) is 18.5. The molecule has 8 nitrogen and oxygen atoms in total. The summed E-state index contributed by atoms with van der Waals surface area (Å²) in [5, 5.41) is 20.9. The van der Waals surface area contributed by atoms with E-state index in [4.69, 9.17) is 0 Å². The number of hydrogen-bond donors (Lipinski definition) is 1. The van der Waals surface area contributed by atoms with Gasteiger partial charge in [0.25, 0.3) is 5.91 Å². The Morgan fingerprint density at radius 1 is 1.38 bits per heavy atom. The summed E-state index contributed by atoms with van der Waals surface area (Å²) >= 11 is 4.80. The quantitative estimate of drug-likeness (QED) is 0.365. The van der Waals surface area contributed by atoms with Crippen LogP contribution in [0.25, 0.3) is 0 Å². The van der Waals surface area contributed by atoms with Crippen molar-refractivity contribution in [2.24, 2.45) is 5.10 Å². The van der Waals surface area contributed by atoms with Gasteiger partial charge in [0, 0.05) is 9.35 Å². The van der Waals surface area contributed by atoms with Crippen molar-refractivity contribution in [2.45, 2.75) is 6.54 Å². The van der Waals surface area contributed by atoms with Crippen LogP contribution in [0.3, 0.4) is 0 Å². The fourth-order valence-corrected chi connectivity index (χ4v) is 2.99. The van der Waals surface area contributed by atoms with Crippen LogP contribution in [-0.4, -0.2) is 26.8 Å². The second-order valence-corrected chi connectivity index (χ2v) is 7.05. The normalized spacial score (nSPS) is 11.0. The molecule has 1 amide bonds. The van der Waals surface area contributed by atoms with Crippen molar-refractivity contribution in [1.82, 2.24) is 15.2 Å². The molecule has 1 N–H and O–H groups in total. The zero-order valence-electron chi connectivity index (χ0n) is 13.2. The summed E-state index contributed by atoms with van der Waals surface area (Å²) in [5.74, 6) is -0.737. The molecule has 10 heteroatoms. The van der Waals surface area contributed by atoms with Crippen molar-refractivity contribution >= 4 is 45.1 Å². The minimum Gasteiger partial charge on any atom is -0.265 e. The summed E-state index contributed by atoms with van der Waals surface area (Å²) in [6, 6.07) is 11.1. The lowest BCUT2D eigenvalue weighted by atomic mass is 10.2. The average Bonchev–Trinajstić information content (AvgIpc) is 3.26. The Bertz CT molecular complexity index is 951. The highest BCUT2D eigenvalue weighted by Gasteiger charge is 2.25. The smallest absolute Gasteiger partial charge is 0.265 e. The Morgan fingerprint density at radius 2 is 2.15 bits per heavy atom. The van der Waals surface area contributed by atoms with Crippen LogP contribution in [0.2, 0.25) is 0 Å². The fourth-order valence-electron chi connectivity index (χ4n) is 2.14. The molecule has 132 valence electrons. The largest absolute Gasteiger partial charge is 0.320 e. The molecule has 0 unspecified atom stereocenters. The number of hydrazone groups is 1. The van der Waals surface area contributed by atoms with Crippen LogP contribution in [0.15, 0.2) is 57.5 Å². The van der Waals surface area contributed by atoms with E-state index in [1.165, 1.54) is 28.4 Å². The molecule has 0 bridgehead atoms. The van der Waals surface area contributed by atoms with E-state index in [-0.39, 0.29) is 11.4 Å². The van der Waals surface area contributed by atoms with Gasteiger partial charge in [-0.2, -0.15) is 10.2 Å². The van der Waals surface area contributed by atoms with Crippen molar-refractivity contribution in [1.29, 1.82) is 0 Å². The third-order valence-corrected chi connectivity index (χ3v) is 4.65. The second kappa shape index (κ2) is 8.02. The summed E-state index contributed by atoms with van der Waals surface area (Å²) in [4.78, 5) is 23.6. The minimum atomic E-state index is -0.737. The van der Waals surface area contributed by atoms with E-state index in [1.54, 1.807) is 0 Å². The number of nitrogens with one attached hydrogen (secondary N) is 1. The average molecular weight is 434 g/mol. The standard InChI is InChI=1S/C16H12BrN5O3S/c17-12-5-3-11(4-6-12)9-21-10-14(22(24)25)15(20-21)16(23)19-18-8-13-2-1-7-26-13/h1-8,10H,9H2,(H,19,23)/b18-8-. The maximum Gasteiger partial charge on any atom is 0.320 e. The molecule has 0 spiro atoms. The number of carbonyl (C=O) groups is 1. The van der Waals surface area contributed by atoms with Gasteiger partial charge in [0.15, 0.2) is 0 Å². The van der Waals surface area contributed by atoms with Gasteiger partial charge in [-0.3, -0.25) is 19.6 Å². The van der Waals surface area contributed by atoms with Crippen LogP contribution in [0.4, 0.5) is 5.69 Å². The molecular formula is C16H12BrN5O3S. The van der Waals surface area contributed by atoms with Crippen LogP contribution in [0.5, 0.6) is 0 Å². The first kappa shape index (κ1) is 18.0. The highest BCUT2D eigenvalue weighted by atomic mass is 79.9. The molecule has 3 aromatic rings. The lowest BCUT2D eigenvalue weighted by Crippen LogP contribution is -2.19. The number of benzene rings is 1. The van der Waals surface area contributed by atoms with Gasteiger partial charge in [-0.05, 0) is 29.1 Å². The van der Waals surface area contributed by atoms with E-state index in [9.17, 15) is 14.9 Å². The number of nitrogens with zero attached hydrogens (tertiary/aromatic N) is 4. The molecule has 0 aliphatic heterocycles. The summed E-state index contributed by atoms with van der Waals surface area (Å²) < 4.78 is 2.29. The Labute approximate surface area is 160 Å². The summed E-state index contributed by atoms with van der Waals surface area (Å²) in [5.41, 5.74) is 2.51. The van der Waals surface area contributed by atoms with Crippen molar-refractivity contribution in [3.05, 3.63) is 78.7 Å². The van der Waals surface area contributed by atoms with Crippen molar-refractivity contribution in [3.8, 4) is 0 Å². The second-order valence-electron chi connectivity index (χ2n) is 5.16. The van der Waals surface area contributed by atoms with Gasteiger partial charge in [0.2, 0.25) is 5.69 Å². The van der Waals surface area contributed by atoms with Gasteiger partial charge in [-0.25, -0.2) is 5.43 Å². The number of carbonyl (C=O) groups excluding carboxylic acids is 1. The lowest BCUT2D eigenvalue weighted by Gasteiger charge is -2.01. The highest BCUT2D eigenvalue weighted by molar-refractivity contribution is 9.10. The molecular weight excluding hydrogens is 422 g/mol. The number of hydrogen-bond acceptors (Lipinski definition) is 6. The maximum atomic E-state index is 12.2. The highest BCUT2D eigenvalue weighted by Crippen LogP contribution is 2.18. The number of halogens is 1. The van der Waals surface area contributed by atoms with Crippen molar-refractivity contribution < 1.29 is 9.72 Å². The van der Waals surface area contributed by atoms with E-state index < -0.39 is 10.8 Å². The summed E-state index contributed by atoms with van der Waals surface area (Å²) in [7, 11) is 0. The van der Waals surface area contributed by atoms with E-state index in [2.05, 4.69) is 31.6 Å². The molecule has 0 aliphatic carbocycles. The van der Waals surface area contributed by atoms with Crippen LogP contribution in [0.1, 0.15) is 20.9 Å². The molecule has 0 radical (unpaired) electrons. The van der Waals surface area contributed by atoms with Crippen LogP contribution in [-0.2, 0) is 6.54 Å². The van der Waals surface area contributed by atoms with E-state index in [1.807, 2.05) is 41.8 Å². The van der Waals surface area contributed by atoms with Gasteiger partial charge >= 0.3 is 5.69 Å². The molecule has 0 fully saturated rings. The molecule has 26 heavy (non-hydrogen) atoms. The maximum absolute atomic E-state index is 12.2. The number of amides is 1. The Balaban J connectivity index is 1.77. The number of rotatable bonds is 6. The SMILES string of the molecule is O=C(N/N=C\c1cccs1)c1nn(Cc2ccc(Br)cc2)cc1[N+](=O)[O-]. The van der Waals surface area contributed by atoms with E-state index in [0.717, 1.165) is 14.9 Å². The first-order valence-electron chi connectivity index (χ1n) is 7.36. The molecule has 3 rings (SSSR count). The summed E-state index contributed by atoms with van der Waals surface area (Å²) in [6.45, 7) is 0.305. The Hall–Kier alpha value is -2.85. The summed E-state index contributed by atoms with van der Waals surface area (Å²) in [6.07, 6.45) is 2.70. The van der Waals surface area contributed by atoms with Crippen molar-refractivity contribution in [3.63, 3.8) is 0 Å². The van der Waals surface area contributed by atoms with Crippen LogP contribution in [0, 0.1) is 10.1 Å². The van der Waals surface area contributed by atoms with Gasteiger partial charge in [-0.1, -0.05) is 34.1 Å². The molecule has 0 saturated heterocycles. The Morgan fingerprint density at radius 3 is 2.81 bits per heavy atom. The fraction of sp³-hybridized carbons (Fsp3) is 0.0625. The van der Waals surface area contributed by atoms with Gasteiger partial charge < -0.3 is 0 Å². The predicted molar refractivity (Wildman–Crippen MR) is 102 cm³/mol. The third kappa shape index (κ3) is 4.41. The van der Waals surface area contributed by atoms with E-state index >= 15 is 0 Å². The molecule has 0 saturated carbocycles. The lowest BCUT2D eigenvalue weighted by molar-refractivity contribution is -0.385. The molecule has 0 atom stereocenters. The monoisotopic (exact) mass is 433 g/mol. The predicted octanol–water partition coefficient (Wildman–Crippen LogP) is 3.43. The zero-order valence-corrected chi connectivity index (χ0v) is 15.6. The topological polar surface area (TPSA) is 102 Å². The number of thiophene rings is 1. The van der Waals surface area contributed by atoms with Crippen LogP contribution < -0.4 is 5.43 Å². The molecule has 2 aromatic heterocycles. The van der Waals surface area contributed by atoms with Crippen molar-refractivity contribution in [2.75, 3.05) is 0 Å². The van der Waals surface area contributed by atoms with Gasteiger partial charge in [0.1, 0.15) is 6.20 Å². The van der Waals surface area contributed by atoms with Gasteiger partial charge in [0.05, 0.1) is 17.7 Å². The first-order valence-corrected chi connectivity index (χ1v) is 9.03. The number of nitro groups is 1. The molecule has 0 aliphatic rings. The minimum absolute atomic E-state index is 0.282. The molecule has 2 heterocycles. The molecule has 1 aromatic carbocycles. The first-order chi connectivity index (χ1) is 12.5. The number of aromatic nitrogens is 2. The van der Waals surface area contributed by atoms with Crippen LogP contribution >= 0.6 is 27.3 Å². The van der Waals surface area contributed by atoms with Gasteiger partial charge in [-0.15, -0.1) is 11.3 Å². The Kier molecular flexibility index (Phi) is 5.54.